The molecule has 2 rings (SSSR count). The molecule has 0 atom stereocenters. The van der Waals surface area contributed by atoms with Crippen molar-refractivity contribution in [3.63, 3.8) is 0 Å². The van der Waals surface area contributed by atoms with E-state index in [-0.39, 0.29) is 0 Å². The van der Waals surface area contributed by atoms with Crippen LogP contribution in [0.2, 0.25) is 5.15 Å². The van der Waals surface area contributed by atoms with E-state index in [4.69, 9.17) is 11.6 Å². The largest absolute Gasteiger partial charge is 0.252 e. The third kappa shape index (κ3) is 2.88. The molecular formula is C13H17ClN4. The predicted octanol–water partition coefficient (Wildman–Crippen LogP) is 3.13. The van der Waals surface area contributed by atoms with Crippen LogP contribution >= 0.6 is 11.6 Å². The average molecular weight is 265 g/mol. The van der Waals surface area contributed by atoms with Crippen molar-refractivity contribution in [3.05, 3.63) is 34.4 Å². The topological polar surface area (TPSA) is 43.6 Å². The van der Waals surface area contributed by atoms with Crippen molar-refractivity contribution in [2.24, 2.45) is 5.92 Å². The van der Waals surface area contributed by atoms with Crippen LogP contribution in [0.5, 0.6) is 0 Å². The van der Waals surface area contributed by atoms with Crippen LogP contribution in [0.25, 0.3) is 5.95 Å². The molecule has 0 radical (unpaired) electrons. The van der Waals surface area contributed by atoms with Crippen LogP contribution in [0.15, 0.2) is 12.1 Å². The molecule has 0 amide bonds. The van der Waals surface area contributed by atoms with Gasteiger partial charge in [-0.05, 0) is 38.3 Å². The van der Waals surface area contributed by atoms with Gasteiger partial charge in [-0.15, -0.1) is 0 Å². The fraction of sp³-hybridized carbons (Fsp3) is 0.462. The Labute approximate surface area is 112 Å². The van der Waals surface area contributed by atoms with Gasteiger partial charge in [-0.25, -0.2) is 9.97 Å². The van der Waals surface area contributed by atoms with Crippen molar-refractivity contribution in [2.45, 2.75) is 34.1 Å². The third-order valence-corrected chi connectivity index (χ3v) is 2.76. The van der Waals surface area contributed by atoms with E-state index in [0.29, 0.717) is 17.0 Å². The lowest BCUT2D eigenvalue weighted by Crippen LogP contribution is -2.06. The molecule has 0 aliphatic heterocycles. The number of hydrogen-bond acceptors (Lipinski definition) is 3. The number of nitrogens with zero attached hydrogens (tertiary/aromatic N) is 4. The van der Waals surface area contributed by atoms with Crippen LogP contribution < -0.4 is 0 Å². The van der Waals surface area contributed by atoms with E-state index in [0.717, 1.165) is 23.5 Å². The molecule has 0 saturated heterocycles. The Balaban J connectivity index is 2.41. The highest BCUT2D eigenvalue weighted by atomic mass is 35.5. The van der Waals surface area contributed by atoms with Gasteiger partial charge in [0.15, 0.2) is 0 Å². The summed E-state index contributed by atoms with van der Waals surface area (Å²) in [5.74, 6) is 1.08. The summed E-state index contributed by atoms with van der Waals surface area (Å²) in [7, 11) is 0. The summed E-state index contributed by atoms with van der Waals surface area (Å²) in [4.78, 5) is 8.72. The molecule has 18 heavy (non-hydrogen) atoms. The van der Waals surface area contributed by atoms with E-state index >= 15 is 0 Å². The number of aryl methyl sites for hydroxylation is 2. The Morgan fingerprint density at radius 3 is 2.33 bits per heavy atom. The molecule has 2 heterocycles. The van der Waals surface area contributed by atoms with E-state index in [1.807, 2.05) is 26.0 Å². The summed E-state index contributed by atoms with van der Waals surface area (Å²) in [6, 6.07) is 3.80. The van der Waals surface area contributed by atoms with E-state index in [1.54, 1.807) is 4.68 Å². The normalized spacial score (nSPS) is 11.2. The summed E-state index contributed by atoms with van der Waals surface area (Å²) in [6.45, 7) is 8.18. The Morgan fingerprint density at radius 1 is 1.17 bits per heavy atom. The second-order valence-electron chi connectivity index (χ2n) is 4.92. The number of rotatable bonds is 3. The third-order valence-electron chi connectivity index (χ3n) is 2.49. The van der Waals surface area contributed by atoms with Gasteiger partial charge in [0, 0.05) is 11.4 Å². The minimum atomic E-state index is 0.535. The van der Waals surface area contributed by atoms with E-state index in [1.165, 1.54) is 0 Å². The van der Waals surface area contributed by atoms with Gasteiger partial charge in [-0.2, -0.15) is 9.78 Å². The van der Waals surface area contributed by atoms with Gasteiger partial charge < -0.3 is 0 Å². The van der Waals surface area contributed by atoms with Crippen LogP contribution in [0.4, 0.5) is 0 Å². The first-order valence-electron chi connectivity index (χ1n) is 6.03. The fourth-order valence-electron chi connectivity index (χ4n) is 1.86. The lowest BCUT2D eigenvalue weighted by molar-refractivity contribution is 0.625. The van der Waals surface area contributed by atoms with Crippen molar-refractivity contribution >= 4 is 11.6 Å². The van der Waals surface area contributed by atoms with Crippen molar-refractivity contribution in [1.29, 1.82) is 0 Å². The fourth-order valence-corrected chi connectivity index (χ4v) is 2.10. The second-order valence-corrected chi connectivity index (χ2v) is 5.31. The van der Waals surface area contributed by atoms with E-state index < -0.39 is 0 Å². The Kier molecular flexibility index (Phi) is 3.66. The Morgan fingerprint density at radius 2 is 1.78 bits per heavy atom. The van der Waals surface area contributed by atoms with E-state index in [2.05, 4.69) is 28.9 Å². The molecule has 4 nitrogen and oxygen atoms in total. The summed E-state index contributed by atoms with van der Waals surface area (Å²) in [5, 5.41) is 5.01. The maximum Gasteiger partial charge on any atom is 0.252 e. The van der Waals surface area contributed by atoms with Gasteiger partial charge in [0.05, 0.1) is 5.69 Å². The first-order chi connectivity index (χ1) is 8.45. The van der Waals surface area contributed by atoms with Gasteiger partial charge in [-0.3, -0.25) is 0 Å². The monoisotopic (exact) mass is 264 g/mol. The molecule has 0 aromatic carbocycles. The first-order valence-corrected chi connectivity index (χ1v) is 6.40. The number of hydrogen-bond donors (Lipinski definition) is 0. The molecule has 0 bridgehead atoms. The minimum Gasteiger partial charge on any atom is -0.216 e. The molecule has 5 heteroatoms. The quantitative estimate of drug-likeness (QED) is 0.855. The van der Waals surface area contributed by atoms with Crippen molar-refractivity contribution in [3.8, 4) is 5.95 Å². The zero-order chi connectivity index (χ0) is 13.3. The average Bonchev–Trinajstić information content (AvgIpc) is 2.56. The molecular weight excluding hydrogens is 248 g/mol. The van der Waals surface area contributed by atoms with Crippen LogP contribution in [-0.2, 0) is 6.42 Å². The predicted molar refractivity (Wildman–Crippen MR) is 72.2 cm³/mol. The molecule has 0 aliphatic carbocycles. The summed E-state index contributed by atoms with van der Waals surface area (Å²) in [6.07, 6.45) is 0.900. The lowest BCUT2D eigenvalue weighted by Gasteiger charge is -2.04. The summed E-state index contributed by atoms with van der Waals surface area (Å²) in [5.41, 5.74) is 2.79. The molecule has 0 saturated carbocycles. The summed E-state index contributed by atoms with van der Waals surface area (Å²) >= 11 is 6.19. The standard InChI is InChI=1S/C13H17ClN4/c1-8(2)5-11-7-12(14)18(17-11)13-15-9(3)6-10(4)16-13/h6-8H,5H2,1-4H3. The number of aromatic nitrogens is 4. The minimum absolute atomic E-state index is 0.535. The van der Waals surface area contributed by atoms with Crippen LogP contribution in [-0.4, -0.2) is 19.7 Å². The second kappa shape index (κ2) is 5.06. The van der Waals surface area contributed by atoms with Gasteiger partial charge in [0.2, 0.25) is 0 Å². The van der Waals surface area contributed by atoms with Gasteiger partial charge in [0.25, 0.3) is 5.95 Å². The van der Waals surface area contributed by atoms with Gasteiger partial charge >= 0.3 is 0 Å². The zero-order valence-corrected chi connectivity index (χ0v) is 11.9. The lowest BCUT2D eigenvalue weighted by atomic mass is 10.1. The smallest absolute Gasteiger partial charge is 0.216 e. The first kappa shape index (κ1) is 13.0. The highest BCUT2D eigenvalue weighted by molar-refractivity contribution is 6.29. The zero-order valence-electron chi connectivity index (χ0n) is 11.1. The molecule has 2 aromatic heterocycles. The highest BCUT2D eigenvalue weighted by Gasteiger charge is 2.11. The van der Waals surface area contributed by atoms with Crippen molar-refractivity contribution < 1.29 is 0 Å². The number of halogens is 1. The molecule has 0 spiro atoms. The molecule has 2 aromatic rings. The maximum atomic E-state index is 6.19. The van der Waals surface area contributed by atoms with Crippen LogP contribution in [0.3, 0.4) is 0 Å². The molecule has 0 unspecified atom stereocenters. The molecule has 0 N–H and O–H groups in total. The van der Waals surface area contributed by atoms with Gasteiger partial charge in [-0.1, -0.05) is 25.4 Å². The van der Waals surface area contributed by atoms with E-state index in [9.17, 15) is 0 Å². The SMILES string of the molecule is Cc1cc(C)nc(-n2nc(CC(C)C)cc2Cl)n1. The molecule has 96 valence electrons. The molecule has 0 aliphatic rings. The van der Waals surface area contributed by atoms with Crippen LogP contribution in [0, 0.1) is 19.8 Å². The van der Waals surface area contributed by atoms with Crippen LogP contribution in [0.1, 0.15) is 30.9 Å². The Bertz CT molecular complexity index is 540. The summed E-state index contributed by atoms with van der Waals surface area (Å²) < 4.78 is 1.60. The van der Waals surface area contributed by atoms with Gasteiger partial charge in [0.1, 0.15) is 5.15 Å². The highest BCUT2D eigenvalue weighted by Crippen LogP contribution is 2.17. The molecule has 0 fully saturated rings. The Hall–Kier alpha value is -1.42. The maximum absolute atomic E-state index is 6.19. The van der Waals surface area contributed by atoms with Crippen molar-refractivity contribution in [1.82, 2.24) is 19.7 Å². The van der Waals surface area contributed by atoms with Crippen molar-refractivity contribution in [2.75, 3.05) is 0 Å².